The Hall–Kier alpha value is -2.45. The fourth-order valence-electron chi connectivity index (χ4n) is 3.37. The quantitative estimate of drug-likeness (QED) is 0.883. The number of rotatable bonds is 4. The lowest BCUT2D eigenvalue weighted by Gasteiger charge is -2.34. The Morgan fingerprint density at radius 3 is 2.77 bits per heavy atom. The van der Waals surface area contributed by atoms with Gasteiger partial charge in [-0.2, -0.15) is 0 Å². The van der Waals surface area contributed by atoms with Gasteiger partial charge < -0.3 is 14.1 Å². The van der Waals surface area contributed by atoms with Crippen molar-refractivity contribution in [2.45, 2.75) is 12.8 Å². The Labute approximate surface area is 152 Å². The maximum atomic E-state index is 12.6. The highest BCUT2D eigenvalue weighted by Crippen LogP contribution is 2.23. The Morgan fingerprint density at radius 2 is 2.04 bits per heavy atom. The molecule has 0 bridgehead atoms. The van der Waals surface area contributed by atoms with Gasteiger partial charge in [0.2, 0.25) is 5.91 Å². The molecule has 0 radical (unpaired) electrons. The van der Waals surface area contributed by atoms with Gasteiger partial charge in [-0.15, -0.1) is 10.2 Å². The number of hydrazine groups is 1. The Morgan fingerprint density at radius 1 is 1.15 bits per heavy atom. The van der Waals surface area contributed by atoms with Crippen molar-refractivity contribution in [3.05, 3.63) is 30.5 Å². The van der Waals surface area contributed by atoms with Gasteiger partial charge in [-0.25, -0.2) is 5.01 Å². The molecule has 4 heterocycles. The predicted molar refractivity (Wildman–Crippen MR) is 95.2 cm³/mol. The molecule has 1 amide bonds. The van der Waals surface area contributed by atoms with E-state index in [9.17, 15) is 4.79 Å². The van der Waals surface area contributed by atoms with Crippen LogP contribution >= 0.6 is 0 Å². The molecule has 2 aliphatic heterocycles. The van der Waals surface area contributed by atoms with Crippen molar-refractivity contribution >= 4 is 11.7 Å². The second-order valence-electron chi connectivity index (χ2n) is 6.61. The molecule has 0 unspecified atom stereocenters. The minimum absolute atomic E-state index is 0.0434. The third kappa shape index (κ3) is 3.86. The van der Waals surface area contributed by atoms with E-state index in [4.69, 9.17) is 9.15 Å². The minimum atomic E-state index is -0.0434. The van der Waals surface area contributed by atoms with Crippen LogP contribution in [0, 0.1) is 5.92 Å². The topological polar surface area (TPSA) is 83.7 Å². The summed E-state index contributed by atoms with van der Waals surface area (Å²) in [6.45, 7) is 4.34. The van der Waals surface area contributed by atoms with Gasteiger partial charge in [0.25, 0.3) is 0 Å². The van der Waals surface area contributed by atoms with Crippen molar-refractivity contribution in [3.63, 3.8) is 0 Å². The van der Waals surface area contributed by atoms with Gasteiger partial charge in [-0.1, -0.05) is 0 Å². The average molecular weight is 357 g/mol. The normalized spacial score (nSPS) is 21.5. The first kappa shape index (κ1) is 17.0. The number of aromatic nitrogens is 2. The number of carbonyl (C=O) groups excluding carboxylic acids is 1. The molecule has 0 spiro atoms. The van der Waals surface area contributed by atoms with Gasteiger partial charge in [0.15, 0.2) is 11.6 Å². The molecule has 8 nitrogen and oxygen atoms in total. The summed E-state index contributed by atoms with van der Waals surface area (Å²) in [5.41, 5.74) is 3.73. The van der Waals surface area contributed by atoms with Crippen LogP contribution in [0.5, 0.6) is 0 Å². The van der Waals surface area contributed by atoms with Crippen molar-refractivity contribution in [1.29, 1.82) is 0 Å². The Balaban J connectivity index is 1.37. The van der Waals surface area contributed by atoms with Crippen molar-refractivity contribution in [2.75, 3.05) is 44.3 Å². The molecule has 2 aromatic heterocycles. The van der Waals surface area contributed by atoms with Gasteiger partial charge in [-0.05, 0) is 37.1 Å². The highest BCUT2D eigenvalue weighted by molar-refractivity contribution is 5.79. The van der Waals surface area contributed by atoms with E-state index in [0.717, 1.165) is 38.3 Å². The summed E-state index contributed by atoms with van der Waals surface area (Å²) in [6.07, 6.45) is 3.47. The Kier molecular flexibility index (Phi) is 5.12. The highest BCUT2D eigenvalue weighted by Gasteiger charge is 2.28. The summed E-state index contributed by atoms with van der Waals surface area (Å²) in [4.78, 5) is 14.7. The van der Waals surface area contributed by atoms with Gasteiger partial charge in [0.05, 0.1) is 25.4 Å². The van der Waals surface area contributed by atoms with Crippen molar-refractivity contribution in [3.8, 4) is 11.5 Å². The van der Waals surface area contributed by atoms with Crippen LogP contribution in [0.2, 0.25) is 0 Å². The van der Waals surface area contributed by atoms with Gasteiger partial charge >= 0.3 is 0 Å². The molecule has 0 aliphatic carbocycles. The largest absolute Gasteiger partial charge is 0.463 e. The molecule has 8 heteroatoms. The van der Waals surface area contributed by atoms with E-state index in [2.05, 4.69) is 20.5 Å². The predicted octanol–water partition coefficient (Wildman–Crippen LogP) is 1.32. The second-order valence-corrected chi connectivity index (χ2v) is 6.61. The third-order valence-electron chi connectivity index (χ3n) is 4.82. The smallest absolute Gasteiger partial charge is 0.239 e. The van der Waals surface area contributed by atoms with Gasteiger partial charge in [0, 0.05) is 26.2 Å². The zero-order chi connectivity index (χ0) is 17.8. The number of anilines is 1. The number of nitrogens with zero attached hydrogens (tertiary/aromatic N) is 4. The maximum absolute atomic E-state index is 12.6. The molecular weight excluding hydrogens is 334 g/mol. The molecule has 4 rings (SSSR count). The van der Waals surface area contributed by atoms with E-state index in [-0.39, 0.29) is 11.8 Å². The van der Waals surface area contributed by atoms with E-state index < -0.39 is 0 Å². The molecule has 0 aromatic carbocycles. The van der Waals surface area contributed by atoms with Gasteiger partial charge in [-0.3, -0.25) is 10.2 Å². The lowest BCUT2D eigenvalue weighted by atomic mass is 9.97. The lowest BCUT2D eigenvalue weighted by molar-refractivity contribution is -0.132. The molecular formula is C18H23N5O3. The zero-order valence-electron chi connectivity index (χ0n) is 14.6. The van der Waals surface area contributed by atoms with Crippen LogP contribution < -0.4 is 10.3 Å². The minimum Gasteiger partial charge on any atom is -0.463 e. The van der Waals surface area contributed by atoms with E-state index in [0.29, 0.717) is 31.2 Å². The summed E-state index contributed by atoms with van der Waals surface area (Å²) < 4.78 is 10.7. The SMILES string of the molecule is O=C(NN1CCOCC1)[C@@H]1CCCN(c2ccc(-c3ccco3)nn2)C1. The molecule has 0 saturated carbocycles. The molecule has 138 valence electrons. The molecule has 1 N–H and O–H groups in total. The van der Waals surface area contributed by atoms with Crippen LogP contribution in [0.1, 0.15) is 12.8 Å². The van der Waals surface area contributed by atoms with Crippen molar-refractivity contribution < 1.29 is 13.9 Å². The summed E-state index contributed by atoms with van der Waals surface area (Å²) in [5, 5.41) is 10.5. The first-order valence-electron chi connectivity index (χ1n) is 9.05. The zero-order valence-corrected chi connectivity index (χ0v) is 14.6. The first-order valence-corrected chi connectivity index (χ1v) is 9.05. The number of piperidine rings is 1. The number of nitrogens with one attached hydrogen (secondary N) is 1. The van der Waals surface area contributed by atoms with E-state index in [1.165, 1.54) is 0 Å². The maximum Gasteiger partial charge on any atom is 0.239 e. The fourth-order valence-corrected chi connectivity index (χ4v) is 3.37. The molecule has 2 saturated heterocycles. The second kappa shape index (κ2) is 7.84. The monoisotopic (exact) mass is 357 g/mol. The van der Waals surface area contributed by atoms with Crippen molar-refractivity contribution in [1.82, 2.24) is 20.6 Å². The van der Waals surface area contributed by atoms with Crippen LogP contribution in [-0.4, -0.2) is 60.5 Å². The number of hydrogen-bond acceptors (Lipinski definition) is 7. The Bertz CT molecular complexity index is 713. The molecule has 2 fully saturated rings. The summed E-state index contributed by atoms with van der Waals surface area (Å²) in [5.74, 6) is 1.53. The van der Waals surface area contributed by atoms with E-state index in [1.54, 1.807) is 6.26 Å². The number of morpholine rings is 1. The number of amides is 1. The number of ether oxygens (including phenoxy) is 1. The fraction of sp³-hybridized carbons (Fsp3) is 0.500. The molecule has 2 aromatic rings. The number of hydrogen-bond donors (Lipinski definition) is 1. The lowest BCUT2D eigenvalue weighted by Crippen LogP contribution is -2.52. The summed E-state index contributed by atoms with van der Waals surface area (Å²) in [6, 6.07) is 7.52. The molecule has 26 heavy (non-hydrogen) atoms. The highest BCUT2D eigenvalue weighted by atomic mass is 16.5. The third-order valence-corrected chi connectivity index (χ3v) is 4.82. The standard InChI is InChI=1S/C18H23N5O3/c24-18(21-23-8-11-25-12-9-23)14-3-1-7-22(13-14)17-6-5-15(19-20-17)16-4-2-10-26-16/h2,4-6,10,14H,1,3,7-9,11-13H2,(H,21,24)/t14-/m1/s1. The van der Waals surface area contributed by atoms with Crippen molar-refractivity contribution in [2.24, 2.45) is 5.92 Å². The van der Waals surface area contributed by atoms with E-state index >= 15 is 0 Å². The molecule has 2 aliphatic rings. The summed E-state index contributed by atoms with van der Waals surface area (Å²) >= 11 is 0. The summed E-state index contributed by atoms with van der Waals surface area (Å²) in [7, 11) is 0. The van der Waals surface area contributed by atoms with Crippen LogP contribution in [0.15, 0.2) is 34.9 Å². The van der Waals surface area contributed by atoms with Crippen LogP contribution in [0.25, 0.3) is 11.5 Å². The van der Waals surface area contributed by atoms with Crippen LogP contribution in [-0.2, 0) is 9.53 Å². The number of furan rings is 1. The molecule has 1 atom stereocenters. The van der Waals surface area contributed by atoms with E-state index in [1.807, 2.05) is 29.3 Å². The first-order chi connectivity index (χ1) is 12.8. The number of carbonyl (C=O) groups is 1. The van der Waals surface area contributed by atoms with Gasteiger partial charge in [0.1, 0.15) is 5.69 Å². The van der Waals surface area contributed by atoms with Crippen LogP contribution in [0.4, 0.5) is 5.82 Å². The average Bonchev–Trinajstić information content (AvgIpc) is 3.24. The van der Waals surface area contributed by atoms with Crippen LogP contribution in [0.3, 0.4) is 0 Å².